The van der Waals surface area contributed by atoms with Crippen molar-refractivity contribution >= 4 is 29.0 Å². The van der Waals surface area contributed by atoms with E-state index >= 15 is 0 Å². The summed E-state index contributed by atoms with van der Waals surface area (Å²) in [5.41, 5.74) is 1.67. The van der Waals surface area contributed by atoms with E-state index in [1.54, 1.807) is 37.3 Å². The Labute approximate surface area is 190 Å². The van der Waals surface area contributed by atoms with E-state index in [0.29, 0.717) is 41.6 Å². The first kappa shape index (κ1) is 22.1. The Bertz CT molecular complexity index is 1190. The first-order valence-corrected chi connectivity index (χ1v) is 10.3. The van der Waals surface area contributed by atoms with Crippen molar-refractivity contribution in [3.63, 3.8) is 0 Å². The van der Waals surface area contributed by atoms with Gasteiger partial charge in [0, 0.05) is 33.3 Å². The largest absolute Gasteiger partial charge is 0.494 e. The van der Waals surface area contributed by atoms with E-state index in [2.05, 4.69) is 36.2 Å². The molecule has 12 heteroatoms. The topological polar surface area (TPSA) is 139 Å². The van der Waals surface area contributed by atoms with Crippen LogP contribution >= 0.6 is 0 Å². The third-order valence-electron chi connectivity index (χ3n) is 5.25. The fourth-order valence-corrected chi connectivity index (χ4v) is 3.57. The van der Waals surface area contributed by atoms with Crippen LogP contribution in [0.4, 0.5) is 17.2 Å². The zero-order chi connectivity index (χ0) is 23.5. The quantitative estimate of drug-likeness (QED) is 0.478. The molecular formula is C21H25N9O3. The normalized spacial score (nSPS) is 13.8. The first-order chi connectivity index (χ1) is 15.9. The lowest BCUT2D eigenvalue weighted by molar-refractivity contribution is -0.124. The number of anilines is 3. The lowest BCUT2D eigenvalue weighted by atomic mass is 10.0. The maximum absolute atomic E-state index is 12.4. The van der Waals surface area contributed by atoms with Crippen molar-refractivity contribution in [3.05, 3.63) is 36.3 Å². The summed E-state index contributed by atoms with van der Waals surface area (Å²) in [5, 5.41) is 20.9. The molecule has 0 unspecified atom stereocenters. The monoisotopic (exact) mass is 451 g/mol. The van der Waals surface area contributed by atoms with Crippen molar-refractivity contribution < 1.29 is 14.3 Å². The van der Waals surface area contributed by atoms with Crippen LogP contribution in [0.2, 0.25) is 0 Å². The number of methoxy groups -OCH3 is 1. The van der Waals surface area contributed by atoms with Crippen molar-refractivity contribution in [1.29, 1.82) is 0 Å². The molecule has 1 saturated heterocycles. The molecule has 3 N–H and O–H groups in total. The highest BCUT2D eigenvalue weighted by atomic mass is 16.5. The SMILES string of the molecule is CNC(=O)c1nnc(NC(=O)C2CN(C)C2)cc1Nc1cccc(-c2ncn(C)n2)c1OC. The molecule has 12 nitrogen and oxygen atoms in total. The highest BCUT2D eigenvalue weighted by Gasteiger charge is 2.30. The summed E-state index contributed by atoms with van der Waals surface area (Å²) in [6, 6.07) is 7.02. The Morgan fingerprint density at radius 2 is 1.94 bits per heavy atom. The summed E-state index contributed by atoms with van der Waals surface area (Å²) < 4.78 is 7.23. The standard InChI is InChI=1S/C21H25N9O3/c1-22-21(32)17-15(8-16(26-27-17)25-20(31)12-9-29(2)10-12)24-14-7-5-6-13(18(14)33-4)19-23-11-30(3)28-19/h5-8,11-12H,9-10H2,1-4H3,(H,22,32)(H2,24,25,26,31). The second kappa shape index (κ2) is 9.20. The molecule has 33 heavy (non-hydrogen) atoms. The fraction of sp³-hybridized carbons (Fsp3) is 0.333. The van der Waals surface area contributed by atoms with Crippen molar-refractivity contribution in [3.8, 4) is 17.1 Å². The highest BCUT2D eigenvalue weighted by molar-refractivity contribution is 6.00. The van der Waals surface area contributed by atoms with E-state index in [1.807, 2.05) is 24.1 Å². The van der Waals surface area contributed by atoms with E-state index in [0.717, 1.165) is 0 Å². The van der Waals surface area contributed by atoms with Crippen LogP contribution in [0.5, 0.6) is 5.75 Å². The Balaban J connectivity index is 1.67. The molecule has 172 valence electrons. The second-order valence-electron chi connectivity index (χ2n) is 7.73. The predicted octanol–water partition coefficient (Wildman–Crippen LogP) is 0.884. The van der Waals surface area contributed by atoms with Gasteiger partial charge in [0.2, 0.25) is 5.91 Å². The molecule has 1 aromatic carbocycles. The molecule has 2 amide bonds. The minimum Gasteiger partial charge on any atom is -0.494 e. The minimum atomic E-state index is -0.426. The number of aromatic nitrogens is 5. The van der Waals surface area contributed by atoms with Crippen LogP contribution in [-0.4, -0.2) is 76.0 Å². The van der Waals surface area contributed by atoms with E-state index in [4.69, 9.17) is 4.74 Å². The second-order valence-corrected chi connectivity index (χ2v) is 7.73. The van der Waals surface area contributed by atoms with Gasteiger partial charge in [0.25, 0.3) is 5.91 Å². The van der Waals surface area contributed by atoms with Crippen LogP contribution in [0.25, 0.3) is 11.4 Å². The number of ether oxygens (including phenoxy) is 1. The minimum absolute atomic E-state index is 0.0716. The maximum Gasteiger partial charge on any atom is 0.273 e. The Morgan fingerprint density at radius 1 is 1.15 bits per heavy atom. The number of carbonyl (C=O) groups excluding carboxylic acids is 2. The molecule has 0 aliphatic carbocycles. The number of hydrogen-bond donors (Lipinski definition) is 3. The smallest absolute Gasteiger partial charge is 0.273 e. The Morgan fingerprint density at radius 3 is 2.58 bits per heavy atom. The van der Waals surface area contributed by atoms with Gasteiger partial charge in [-0.1, -0.05) is 6.07 Å². The predicted molar refractivity (Wildman–Crippen MR) is 121 cm³/mol. The van der Waals surface area contributed by atoms with Crippen LogP contribution in [0.3, 0.4) is 0 Å². The molecule has 0 radical (unpaired) electrons. The third kappa shape index (κ3) is 4.60. The Kier molecular flexibility index (Phi) is 6.18. The molecular weight excluding hydrogens is 426 g/mol. The summed E-state index contributed by atoms with van der Waals surface area (Å²) in [7, 11) is 6.77. The number of likely N-dealkylation sites (tertiary alicyclic amines) is 1. The van der Waals surface area contributed by atoms with Gasteiger partial charge < -0.3 is 25.6 Å². The number of nitrogens with one attached hydrogen (secondary N) is 3. The lowest BCUT2D eigenvalue weighted by Gasteiger charge is -2.34. The van der Waals surface area contributed by atoms with Crippen LogP contribution in [0.1, 0.15) is 10.5 Å². The molecule has 2 aromatic heterocycles. The van der Waals surface area contributed by atoms with Gasteiger partial charge in [0.1, 0.15) is 6.33 Å². The van der Waals surface area contributed by atoms with Crippen molar-refractivity contribution in [2.24, 2.45) is 13.0 Å². The van der Waals surface area contributed by atoms with Gasteiger partial charge in [-0.15, -0.1) is 10.2 Å². The first-order valence-electron chi connectivity index (χ1n) is 10.3. The lowest BCUT2D eigenvalue weighted by Crippen LogP contribution is -2.49. The number of amides is 2. The van der Waals surface area contributed by atoms with Gasteiger partial charge in [-0.05, 0) is 19.2 Å². The molecule has 0 saturated carbocycles. The fourth-order valence-electron chi connectivity index (χ4n) is 3.57. The number of aryl methyl sites for hydroxylation is 1. The third-order valence-corrected chi connectivity index (χ3v) is 5.25. The maximum atomic E-state index is 12.4. The summed E-state index contributed by atoms with van der Waals surface area (Å²) in [5.74, 6) is 0.565. The number of carbonyl (C=O) groups is 2. The molecule has 3 aromatic rings. The van der Waals surface area contributed by atoms with Gasteiger partial charge in [-0.3, -0.25) is 14.3 Å². The van der Waals surface area contributed by atoms with Gasteiger partial charge in [-0.25, -0.2) is 4.98 Å². The average molecular weight is 451 g/mol. The number of hydrogen-bond acceptors (Lipinski definition) is 9. The van der Waals surface area contributed by atoms with E-state index in [1.165, 1.54) is 7.05 Å². The van der Waals surface area contributed by atoms with Crippen LogP contribution in [0.15, 0.2) is 30.6 Å². The summed E-state index contributed by atoms with van der Waals surface area (Å²) in [6.45, 7) is 1.37. The number of rotatable bonds is 7. The van der Waals surface area contributed by atoms with Crippen molar-refractivity contribution in [2.45, 2.75) is 0 Å². The van der Waals surface area contributed by atoms with Gasteiger partial charge in [-0.2, -0.15) is 5.10 Å². The number of benzene rings is 1. The molecule has 0 atom stereocenters. The zero-order valence-corrected chi connectivity index (χ0v) is 18.8. The average Bonchev–Trinajstić information content (AvgIpc) is 3.22. The van der Waals surface area contributed by atoms with E-state index < -0.39 is 5.91 Å². The van der Waals surface area contributed by atoms with Crippen LogP contribution in [-0.2, 0) is 11.8 Å². The number of para-hydroxylation sites is 1. The molecule has 4 rings (SSSR count). The Hall–Kier alpha value is -4.06. The number of nitrogens with zero attached hydrogens (tertiary/aromatic N) is 6. The van der Waals surface area contributed by atoms with Crippen LogP contribution in [0, 0.1) is 5.92 Å². The summed E-state index contributed by atoms with van der Waals surface area (Å²) in [6.07, 6.45) is 1.60. The van der Waals surface area contributed by atoms with Crippen LogP contribution < -0.4 is 20.7 Å². The summed E-state index contributed by atoms with van der Waals surface area (Å²) >= 11 is 0. The molecule has 1 fully saturated rings. The summed E-state index contributed by atoms with van der Waals surface area (Å²) in [4.78, 5) is 31.2. The van der Waals surface area contributed by atoms with Gasteiger partial charge >= 0.3 is 0 Å². The highest BCUT2D eigenvalue weighted by Crippen LogP contribution is 2.37. The molecule has 1 aliphatic rings. The van der Waals surface area contributed by atoms with Crippen molar-refractivity contribution in [2.75, 3.05) is 44.9 Å². The van der Waals surface area contributed by atoms with Gasteiger partial charge in [0.15, 0.2) is 23.1 Å². The van der Waals surface area contributed by atoms with E-state index in [-0.39, 0.29) is 23.3 Å². The van der Waals surface area contributed by atoms with Crippen molar-refractivity contribution in [1.82, 2.24) is 35.2 Å². The van der Waals surface area contributed by atoms with E-state index in [9.17, 15) is 9.59 Å². The molecule has 3 heterocycles. The molecule has 0 spiro atoms. The molecule has 0 bridgehead atoms. The zero-order valence-electron chi connectivity index (χ0n) is 18.8. The van der Waals surface area contributed by atoms with Gasteiger partial charge in [0.05, 0.1) is 30.0 Å². The molecule has 1 aliphatic heterocycles.